The first kappa shape index (κ1) is 18.0. The molecule has 0 radical (unpaired) electrons. The average Bonchev–Trinajstić information content (AvgIpc) is 2.88. The molecule has 1 aliphatic rings. The van der Waals surface area contributed by atoms with Gasteiger partial charge in [-0.05, 0) is 50.6 Å². The quantitative estimate of drug-likeness (QED) is 0.716. The fourth-order valence-corrected chi connectivity index (χ4v) is 5.14. The number of para-hydroxylation sites is 1. The van der Waals surface area contributed by atoms with Crippen LogP contribution in [-0.4, -0.2) is 18.8 Å². The Balaban J connectivity index is 1.93. The van der Waals surface area contributed by atoms with Crippen molar-refractivity contribution in [3.63, 3.8) is 0 Å². The number of benzene rings is 2. The van der Waals surface area contributed by atoms with Gasteiger partial charge in [0.05, 0.1) is 18.8 Å². The third kappa shape index (κ3) is 4.06. The molecule has 0 amide bonds. The van der Waals surface area contributed by atoms with E-state index in [1.165, 1.54) is 0 Å². The van der Waals surface area contributed by atoms with E-state index in [-0.39, 0.29) is 12.2 Å². The zero-order valence-corrected chi connectivity index (χ0v) is 15.6. The largest absolute Gasteiger partial charge is 0.494 e. The SMILES string of the molecule is CCOc1ccc(C(Nc2ccccc2)P2(=O)OC(C)C(C)O2)cc1. The Morgan fingerprint density at radius 2 is 1.64 bits per heavy atom. The molecule has 3 atom stereocenters. The average molecular weight is 361 g/mol. The van der Waals surface area contributed by atoms with Gasteiger partial charge in [-0.15, -0.1) is 0 Å². The number of rotatable bonds is 6. The molecule has 0 saturated carbocycles. The number of nitrogens with one attached hydrogen (secondary N) is 1. The molecule has 1 N–H and O–H groups in total. The van der Waals surface area contributed by atoms with E-state index in [0.29, 0.717) is 6.61 Å². The van der Waals surface area contributed by atoms with Crippen molar-refractivity contribution in [3.05, 3.63) is 60.2 Å². The summed E-state index contributed by atoms with van der Waals surface area (Å²) >= 11 is 0. The maximum Gasteiger partial charge on any atom is 0.357 e. The molecule has 5 nitrogen and oxygen atoms in total. The van der Waals surface area contributed by atoms with Gasteiger partial charge in [0.25, 0.3) is 0 Å². The van der Waals surface area contributed by atoms with Gasteiger partial charge in [-0.3, -0.25) is 4.57 Å². The minimum absolute atomic E-state index is 0.214. The standard InChI is InChI=1S/C19H24NO4P/c1-4-22-18-12-10-16(11-13-18)19(20-17-8-6-5-7-9-17)25(21)23-14(2)15(3)24-25/h5-15,19-20H,4H2,1-3H3. The molecule has 3 unspecified atom stereocenters. The lowest BCUT2D eigenvalue weighted by molar-refractivity contribution is 0.187. The Kier molecular flexibility index (Phi) is 5.48. The predicted molar refractivity (Wildman–Crippen MR) is 99.1 cm³/mol. The van der Waals surface area contributed by atoms with E-state index in [4.69, 9.17) is 13.8 Å². The topological polar surface area (TPSA) is 56.8 Å². The van der Waals surface area contributed by atoms with E-state index in [0.717, 1.165) is 17.0 Å². The molecule has 6 heteroatoms. The zero-order valence-electron chi connectivity index (χ0n) is 14.7. The second kappa shape index (κ2) is 7.61. The van der Waals surface area contributed by atoms with Crippen LogP contribution in [0, 0.1) is 0 Å². The monoisotopic (exact) mass is 361 g/mol. The van der Waals surface area contributed by atoms with Crippen LogP contribution in [-0.2, 0) is 13.6 Å². The highest BCUT2D eigenvalue weighted by molar-refractivity contribution is 7.54. The van der Waals surface area contributed by atoms with Crippen LogP contribution in [0.25, 0.3) is 0 Å². The second-order valence-corrected chi connectivity index (χ2v) is 8.09. The lowest BCUT2D eigenvalue weighted by Crippen LogP contribution is -2.13. The normalized spacial score (nSPS) is 27.0. The van der Waals surface area contributed by atoms with Gasteiger partial charge in [0, 0.05) is 5.69 Å². The van der Waals surface area contributed by atoms with Crippen LogP contribution in [0.2, 0.25) is 0 Å². The number of anilines is 1. The molecule has 134 valence electrons. The smallest absolute Gasteiger partial charge is 0.357 e. The van der Waals surface area contributed by atoms with Crippen molar-refractivity contribution in [3.8, 4) is 5.75 Å². The number of hydrogen-bond acceptors (Lipinski definition) is 5. The zero-order chi connectivity index (χ0) is 17.9. The summed E-state index contributed by atoms with van der Waals surface area (Å²) in [6.45, 7) is 6.30. The molecule has 25 heavy (non-hydrogen) atoms. The Labute approximate surface area is 148 Å². The highest BCUT2D eigenvalue weighted by Crippen LogP contribution is 2.66. The number of ether oxygens (including phenoxy) is 1. The van der Waals surface area contributed by atoms with Crippen molar-refractivity contribution in [1.82, 2.24) is 0 Å². The van der Waals surface area contributed by atoms with E-state index < -0.39 is 13.4 Å². The Morgan fingerprint density at radius 1 is 1.04 bits per heavy atom. The van der Waals surface area contributed by atoms with Crippen LogP contribution in [0.4, 0.5) is 5.69 Å². The minimum Gasteiger partial charge on any atom is -0.494 e. The second-order valence-electron chi connectivity index (χ2n) is 6.08. The van der Waals surface area contributed by atoms with Crippen molar-refractivity contribution in [1.29, 1.82) is 0 Å². The maximum absolute atomic E-state index is 13.4. The van der Waals surface area contributed by atoms with Crippen LogP contribution in [0.5, 0.6) is 5.75 Å². The van der Waals surface area contributed by atoms with Gasteiger partial charge < -0.3 is 19.1 Å². The Hall–Kier alpha value is -1.81. The molecule has 1 heterocycles. The van der Waals surface area contributed by atoms with Crippen LogP contribution < -0.4 is 10.1 Å². The minimum atomic E-state index is -3.36. The molecule has 3 rings (SSSR count). The first-order chi connectivity index (χ1) is 12.0. The lowest BCUT2D eigenvalue weighted by Gasteiger charge is -2.25. The highest BCUT2D eigenvalue weighted by Gasteiger charge is 2.47. The highest BCUT2D eigenvalue weighted by atomic mass is 31.2. The molecule has 0 aliphatic carbocycles. The van der Waals surface area contributed by atoms with Gasteiger partial charge in [-0.25, -0.2) is 0 Å². The van der Waals surface area contributed by atoms with Crippen LogP contribution in [0.1, 0.15) is 32.1 Å². The van der Waals surface area contributed by atoms with Gasteiger partial charge in [0.1, 0.15) is 5.75 Å². The summed E-state index contributed by atoms with van der Waals surface area (Å²) < 4.78 is 30.4. The Morgan fingerprint density at radius 3 is 2.20 bits per heavy atom. The van der Waals surface area contributed by atoms with Crippen molar-refractivity contribution in [2.24, 2.45) is 0 Å². The van der Waals surface area contributed by atoms with Gasteiger partial charge in [-0.2, -0.15) is 0 Å². The van der Waals surface area contributed by atoms with Gasteiger partial charge in [0.2, 0.25) is 0 Å². The van der Waals surface area contributed by atoms with E-state index >= 15 is 0 Å². The van der Waals surface area contributed by atoms with Gasteiger partial charge >= 0.3 is 7.60 Å². The molecule has 0 bridgehead atoms. The molecule has 1 saturated heterocycles. The van der Waals surface area contributed by atoms with Crippen LogP contribution in [0.15, 0.2) is 54.6 Å². The fraction of sp³-hybridized carbons (Fsp3) is 0.368. The molecule has 1 fully saturated rings. The van der Waals surface area contributed by atoms with Crippen molar-refractivity contribution in [2.75, 3.05) is 11.9 Å². The third-order valence-corrected chi connectivity index (χ3v) is 6.50. The predicted octanol–water partition coefficient (Wildman–Crippen LogP) is 5.21. The summed E-state index contributed by atoms with van der Waals surface area (Å²) in [4.78, 5) is 0. The molecule has 1 aliphatic heterocycles. The maximum atomic E-state index is 13.4. The van der Waals surface area contributed by atoms with Crippen molar-refractivity contribution >= 4 is 13.3 Å². The molecule has 0 aromatic heterocycles. The summed E-state index contributed by atoms with van der Waals surface area (Å²) in [6, 6.07) is 17.2. The van der Waals surface area contributed by atoms with Crippen LogP contribution in [0.3, 0.4) is 0 Å². The lowest BCUT2D eigenvalue weighted by atomic mass is 10.2. The van der Waals surface area contributed by atoms with E-state index in [1.54, 1.807) is 0 Å². The molecule has 2 aromatic rings. The van der Waals surface area contributed by atoms with E-state index in [2.05, 4.69) is 5.32 Å². The summed E-state index contributed by atoms with van der Waals surface area (Å²) in [7, 11) is -3.36. The van der Waals surface area contributed by atoms with Gasteiger partial charge in [-0.1, -0.05) is 30.3 Å². The first-order valence-electron chi connectivity index (χ1n) is 8.52. The molecular weight excluding hydrogens is 337 g/mol. The summed E-state index contributed by atoms with van der Waals surface area (Å²) in [5, 5.41) is 3.32. The van der Waals surface area contributed by atoms with Crippen molar-refractivity contribution in [2.45, 2.75) is 38.8 Å². The molecule has 0 spiro atoms. The van der Waals surface area contributed by atoms with Crippen LogP contribution >= 0.6 is 7.60 Å². The van der Waals surface area contributed by atoms with Gasteiger partial charge in [0.15, 0.2) is 5.78 Å². The molecule has 2 aromatic carbocycles. The van der Waals surface area contributed by atoms with Crippen molar-refractivity contribution < 1.29 is 18.3 Å². The summed E-state index contributed by atoms with van der Waals surface area (Å²) in [5.74, 6) is 0.191. The number of hydrogen-bond donors (Lipinski definition) is 1. The first-order valence-corrected chi connectivity index (χ1v) is 10.1. The Bertz CT molecular complexity index is 721. The fourth-order valence-electron chi connectivity index (χ4n) is 2.73. The summed E-state index contributed by atoms with van der Waals surface area (Å²) in [6.07, 6.45) is -0.429. The van der Waals surface area contributed by atoms with E-state index in [1.807, 2.05) is 75.4 Å². The summed E-state index contributed by atoms with van der Waals surface area (Å²) in [5.41, 5.74) is 1.69. The molecular formula is C19H24NO4P. The van der Waals surface area contributed by atoms with E-state index in [9.17, 15) is 4.57 Å². The third-order valence-electron chi connectivity index (χ3n) is 4.19.